The Hall–Kier alpha value is -0.170. The van der Waals surface area contributed by atoms with E-state index in [1.807, 2.05) is 11.8 Å². The molecule has 1 spiro atoms. The van der Waals surface area contributed by atoms with E-state index >= 15 is 0 Å². The number of hydrogen-bond donors (Lipinski definition) is 1. The predicted molar refractivity (Wildman–Crippen MR) is 65.1 cm³/mol. The van der Waals surface area contributed by atoms with Gasteiger partial charge in [-0.25, -0.2) is 0 Å². The van der Waals surface area contributed by atoms with E-state index in [0.29, 0.717) is 6.04 Å². The second-order valence-electron chi connectivity index (χ2n) is 4.43. The van der Waals surface area contributed by atoms with E-state index in [1.165, 1.54) is 24.3 Å². The van der Waals surface area contributed by atoms with E-state index in [2.05, 4.69) is 11.2 Å². The van der Waals surface area contributed by atoms with Gasteiger partial charge in [0, 0.05) is 31.4 Å². The summed E-state index contributed by atoms with van der Waals surface area (Å²) in [4.78, 5) is 0. The van der Waals surface area contributed by atoms with Gasteiger partial charge in [0.2, 0.25) is 0 Å². The van der Waals surface area contributed by atoms with E-state index in [9.17, 15) is 0 Å². The molecule has 2 saturated heterocycles. The molecule has 2 rings (SSSR count). The lowest BCUT2D eigenvalue weighted by molar-refractivity contribution is -0.0699. The van der Waals surface area contributed by atoms with Crippen LogP contribution in [0.4, 0.5) is 0 Å². The second-order valence-corrected chi connectivity index (χ2v) is 5.54. The minimum atomic E-state index is 0.191. The van der Waals surface area contributed by atoms with Gasteiger partial charge in [0.25, 0.3) is 0 Å². The van der Waals surface area contributed by atoms with E-state index in [0.717, 1.165) is 26.0 Å². The van der Waals surface area contributed by atoms with Gasteiger partial charge in [0.05, 0.1) is 5.60 Å². The van der Waals surface area contributed by atoms with Crippen molar-refractivity contribution in [2.75, 3.05) is 24.7 Å². The van der Waals surface area contributed by atoms with Crippen molar-refractivity contribution in [3.63, 3.8) is 0 Å². The second kappa shape index (κ2) is 5.25. The molecule has 15 heavy (non-hydrogen) atoms. The van der Waals surface area contributed by atoms with E-state index in [-0.39, 0.29) is 5.60 Å². The molecule has 1 N–H and O–H groups in total. The molecule has 2 heterocycles. The average Bonchev–Trinajstić information content (AvgIpc) is 2.67. The molecule has 2 fully saturated rings. The first-order valence-electron chi connectivity index (χ1n) is 5.73. The molecule has 0 amide bonds. The monoisotopic (exact) mass is 225 g/mol. The summed E-state index contributed by atoms with van der Waals surface area (Å²) in [6.45, 7) is 1.86. The lowest BCUT2D eigenvalue weighted by Crippen LogP contribution is -2.47. The third kappa shape index (κ3) is 2.90. The minimum absolute atomic E-state index is 0.191. The van der Waals surface area contributed by atoms with Crippen molar-refractivity contribution in [2.24, 2.45) is 0 Å². The normalized spacial score (nSPS) is 35.5. The van der Waals surface area contributed by atoms with Gasteiger partial charge in [0.15, 0.2) is 0 Å². The Morgan fingerprint density at radius 3 is 3.27 bits per heavy atom. The molecule has 2 nitrogen and oxygen atoms in total. The Kier molecular flexibility index (Phi) is 3.96. The van der Waals surface area contributed by atoms with Gasteiger partial charge in [-0.1, -0.05) is 0 Å². The van der Waals surface area contributed by atoms with Crippen molar-refractivity contribution in [3.8, 4) is 12.3 Å². The Labute approximate surface area is 96.5 Å². The van der Waals surface area contributed by atoms with E-state index < -0.39 is 0 Å². The maximum Gasteiger partial charge on any atom is 0.0795 e. The number of ether oxygens (including phenoxy) is 1. The highest BCUT2D eigenvalue weighted by Crippen LogP contribution is 2.38. The van der Waals surface area contributed by atoms with Crippen LogP contribution in [-0.4, -0.2) is 36.3 Å². The lowest BCUT2D eigenvalue weighted by atomic mass is 9.90. The number of thioether (sulfide) groups is 1. The Balaban J connectivity index is 1.79. The van der Waals surface area contributed by atoms with Gasteiger partial charge in [0.1, 0.15) is 0 Å². The van der Waals surface area contributed by atoms with Crippen LogP contribution in [0.3, 0.4) is 0 Å². The lowest BCUT2D eigenvalue weighted by Gasteiger charge is -2.38. The maximum atomic E-state index is 5.96. The summed E-state index contributed by atoms with van der Waals surface area (Å²) in [7, 11) is 0. The van der Waals surface area contributed by atoms with Gasteiger partial charge in [-0.2, -0.15) is 11.8 Å². The molecule has 84 valence electrons. The minimum Gasteiger partial charge on any atom is -0.374 e. The molecule has 0 aromatic heterocycles. The number of rotatable bonds is 3. The molecule has 0 radical (unpaired) electrons. The van der Waals surface area contributed by atoms with Crippen LogP contribution >= 0.6 is 11.8 Å². The van der Waals surface area contributed by atoms with Crippen LogP contribution in [0.5, 0.6) is 0 Å². The fraction of sp³-hybridized carbons (Fsp3) is 0.833. The number of hydrogen-bond acceptors (Lipinski definition) is 3. The van der Waals surface area contributed by atoms with Crippen molar-refractivity contribution < 1.29 is 4.74 Å². The first-order chi connectivity index (χ1) is 7.35. The third-order valence-electron chi connectivity index (χ3n) is 3.26. The van der Waals surface area contributed by atoms with Crippen LogP contribution in [0, 0.1) is 12.3 Å². The zero-order valence-electron chi connectivity index (χ0n) is 9.13. The molecule has 2 atom stereocenters. The summed E-state index contributed by atoms with van der Waals surface area (Å²) >= 11 is 2.02. The summed E-state index contributed by atoms with van der Waals surface area (Å²) in [6, 6.07) is 0.616. The molecule has 0 aromatic rings. The van der Waals surface area contributed by atoms with E-state index in [4.69, 9.17) is 11.2 Å². The third-order valence-corrected chi connectivity index (χ3v) is 4.49. The molecule has 3 heteroatoms. The zero-order valence-corrected chi connectivity index (χ0v) is 9.94. The fourth-order valence-electron chi connectivity index (χ4n) is 2.41. The number of nitrogens with one attached hydrogen (secondary N) is 1. The molecule has 0 saturated carbocycles. The Bertz CT molecular complexity index is 242. The first kappa shape index (κ1) is 11.3. The van der Waals surface area contributed by atoms with Gasteiger partial charge in [-0.05, 0) is 25.0 Å². The van der Waals surface area contributed by atoms with Crippen LogP contribution < -0.4 is 5.32 Å². The largest absolute Gasteiger partial charge is 0.374 e. The van der Waals surface area contributed by atoms with E-state index in [1.54, 1.807) is 0 Å². The summed E-state index contributed by atoms with van der Waals surface area (Å²) in [5.74, 6) is 5.11. The highest BCUT2D eigenvalue weighted by Gasteiger charge is 2.40. The van der Waals surface area contributed by atoms with Crippen LogP contribution in [0.25, 0.3) is 0 Å². The number of terminal acetylenes is 1. The SMILES string of the molecule is C#CCCNC1CCOC2(CCSC2)C1. The van der Waals surface area contributed by atoms with Gasteiger partial charge in [-0.3, -0.25) is 0 Å². The van der Waals surface area contributed by atoms with Crippen LogP contribution in [0.1, 0.15) is 25.7 Å². The Morgan fingerprint density at radius 1 is 1.60 bits per heavy atom. The molecule has 2 aliphatic heterocycles. The molecule has 0 aromatic carbocycles. The maximum absolute atomic E-state index is 5.96. The zero-order chi connectivity index (χ0) is 10.6. The molecule has 2 unspecified atom stereocenters. The van der Waals surface area contributed by atoms with Crippen molar-refractivity contribution in [3.05, 3.63) is 0 Å². The summed E-state index contributed by atoms with van der Waals surface area (Å²) < 4.78 is 5.96. The summed E-state index contributed by atoms with van der Waals surface area (Å²) in [6.07, 6.45) is 9.61. The highest BCUT2D eigenvalue weighted by atomic mass is 32.2. The fourth-order valence-corrected chi connectivity index (χ4v) is 3.79. The molecule has 2 aliphatic rings. The molecule has 0 aliphatic carbocycles. The van der Waals surface area contributed by atoms with Crippen molar-refractivity contribution in [1.29, 1.82) is 0 Å². The van der Waals surface area contributed by atoms with Gasteiger partial charge >= 0.3 is 0 Å². The summed E-state index contributed by atoms with van der Waals surface area (Å²) in [5, 5.41) is 3.54. The van der Waals surface area contributed by atoms with Crippen LogP contribution in [0.15, 0.2) is 0 Å². The average molecular weight is 225 g/mol. The first-order valence-corrected chi connectivity index (χ1v) is 6.89. The Morgan fingerprint density at radius 2 is 2.53 bits per heavy atom. The van der Waals surface area contributed by atoms with Crippen molar-refractivity contribution >= 4 is 11.8 Å². The van der Waals surface area contributed by atoms with Crippen LogP contribution in [-0.2, 0) is 4.74 Å². The molecular formula is C12H19NOS. The topological polar surface area (TPSA) is 21.3 Å². The van der Waals surface area contributed by atoms with Crippen LogP contribution in [0.2, 0.25) is 0 Å². The molecule has 0 bridgehead atoms. The molecular weight excluding hydrogens is 206 g/mol. The quantitative estimate of drug-likeness (QED) is 0.583. The summed E-state index contributed by atoms with van der Waals surface area (Å²) in [5.41, 5.74) is 0.191. The van der Waals surface area contributed by atoms with Gasteiger partial charge in [-0.15, -0.1) is 12.3 Å². The smallest absolute Gasteiger partial charge is 0.0795 e. The highest BCUT2D eigenvalue weighted by molar-refractivity contribution is 7.99. The van der Waals surface area contributed by atoms with Gasteiger partial charge < -0.3 is 10.1 Å². The van der Waals surface area contributed by atoms with Crippen molar-refractivity contribution in [1.82, 2.24) is 5.32 Å². The van der Waals surface area contributed by atoms with Crippen molar-refractivity contribution in [2.45, 2.75) is 37.3 Å². The predicted octanol–water partition coefficient (Wildman–Crippen LogP) is 1.65. The standard InChI is InChI=1S/C12H19NOS/c1-2-3-6-13-11-4-7-14-12(9-11)5-8-15-10-12/h1,11,13H,3-10H2.